The third-order valence-electron chi connectivity index (χ3n) is 1.76. The molecule has 12 heavy (non-hydrogen) atoms. The van der Waals surface area contributed by atoms with Crippen molar-refractivity contribution in [3.63, 3.8) is 0 Å². The van der Waals surface area contributed by atoms with Gasteiger partial charge in [-0.3, -0.25) is 0 Å². The zero-order valence-electron chi connectivity index (χ0n) is 7.93. The Morgan fingerprint density at radius 1 is 1.58 bits per heavy atom. The number of hydrogen-bond donors (Lipinski definition) is 3. The zero-order chi connectivity index (χ0) is 9.40. The number of nitrogens with two attached hydrogens (primary N) is 1. The second kappa shape index (κ2) is 7.03. The third kappa shape index (κ3) is 3.67. The third-order valence-corrected chi connectivity index (χ3v) is 1.76. The number of likely N-dealkylation sites (N-methyl/N-ethyl adjacent to an activating group) is 2. The Morgan fingerprint density at radius 3 is 2.58 bits per heavy atom. The van der Waals surface area contributed by atoms with Crippen molar-refractivity contribution in [1.82, 2.24) is 10.6 Å². The Kier molecular flexibility index (Phi) is 6.66. The van der Waals surface area contributed by atoms with Gasteiger partial charge >= 0.3 is 0 Å². The first-order chi connectivity index (χ1) is 5.79. The minimum absolute atomic E-state index is 0.218. The highest BCUT2D eigenvalue weighted by Crippen LogP contribution is 2.00. The van der Waals surface area contributed by atoms with E-state index in [1.807, 2.05) is 20.2 Å². The molecule has 0 heterocycles. The lowest BCUT2D eigenvalue weighted by Crippen LogP contribution is -2.34. The molecule has 0 fully saturated rings. The van der Waals surface area contributed by atoms with E-state index in [0.29, 0.717) is 6.54 Å². The van der Waals surface area contributed by atoms with Crippen molar-refractivity contribution in [3.05, 3.63) is 24.3 Å². The van der Waals surface area contributed by atoms with Crippen molar-refractivity contribution < 1.29 is 0 Å². The van der Waals surface area contributed by atoms with Gasteiger partial charge < -0.3 is 16.4 Å². The molecule has 0 spiro atoms. The maximum atomic E-state index is 5.56. The van der Waals surface area contributed by atoms with E-state index >= 15 is 0 Å². The quantitative estimate of drug-likeness (QED) is 0.485. The van der Waals surface area contributed by atoms with Gasteiger partial charge in [0.1, 0.15) is 0 Å². The van der Waals surface area contributed by atoms with Crippen molar-refractivity contribution in [2.24, 2.45) is 5.73 Å². The second-order valence-corrected chi connectivity index (χ2v) is 2.54. The van der Waals surface area contributed by atoms with E-state index in [1.54, 1.807) is 0 Å². The maximum Gasteiger partial charge on any atom is 0.0439 e. The molecule has 0 rings (SSSR count). The average molecular weight is 169 g/mol. The molecule has 0 amide bonds. The van der Waals surface area contributed by atoms with Gasteiger partial charge in [-0.15, -0.1) is 0 Å². The van der Waals surface area contributed by atoms with Crippen LogP contribution in [0.4, 0.5) is 0 Å². The lowest BCUT2D eigenvalue weighted by Gasteiger charge is -2.14. The van der Waals surface area contributed by atoms with Crippen LogP contribution in [0.1, 0.15) is 0 Å². The van der Waals surface area contributed by atoms with Crippen LogP contribution < -0.4 is 16.4 Å². The molecule has 0 bridgehead atoms. The largest absolute Gasteiger partial charge is 0.329 e. The van der Waals surface area contributed by atoms with Gasteiger partial charge in [0.2, 0.25) is 0 Å². The molecule has 0 saturated carbocycles. The van der Waals surface area contributed by atoms with E-state index in [2.05, 4.69) is 23.3 Å². The van der Waals surface area contributed by atoms with E-state index in [9.17, 15) is 0 Å². The fourth-order valence-electron chi connectivity index (χ4n) is 1.01. The van der Waals surface area contributed by atoms with Crippen molar-refractivity contribution in [2.75, 3.05) is 27.2 Å². The highest BCUT2D eigenvalue weighted by molar-refractivity contribution is 5.23. The van der Waals surface area contributed by atoms with Crippen molar-refractivity contribution in [2.45, 2.75) is 6.04 Å². The van der Waals surface area contributed by atoms with E-state index in [-0.39, 0.29) is 6.04 Å². The van der Waals surface area contributed by atoms with Gasteiger partial charge in [-0.05, 0) is 19.7 Å². The minimum atomic E-state index is 0.218. The van der Waals surface area contributed by atoms with Gasteiger partial charge in [0.15, 0.2) is 0 Å². The van der Waals surface area contributed by atoms with Crippen molar-refractivity contribution >= 4 is 0 Å². The fourth-order valence-corrected chi connectivity index (χ4v) is 1.01. The van der Waals surface area contributed by atoms with Crippen LogP contribution in [0.2, 0.25) is 0 Å². The fraction of sp³-hybridized carbons (Fsp3) is 0.556. The first-order valence-electron chi connectivity index (χ1n) is 4.14. The molecular formula is C9H19N3. The number of hydrogen-bond acceptors (Lipinski definition) is 3. The summed E-state index contributed by atoms with van der Waals surface area (Å²) in [5.41, 5.74) is 6.71. The molecule has 0 aliphatic carbocycles. The van der Waals surface area contributed by atoms with Crippen LogP contribution in [0.15, 0.2) is 24.3 Å². The highest BCUT2D eigenvalue weighted by atomic mass is 14.9. The molecule has 0 aromatic carbocycles. The molecule has 0 aliphatic rings. The summed E-state index contributed by atoms with van der Waals surface area (Å²) in [5.74, 6) is 0. The van der Waals surface area contributed by atoms with E-state index in [0.717, 1.165) is 12.1 Å². The van der Waals surface area contributed by atoms with Crippen LogP contribution in [0.5, 0.6) is 0 Å². The average Bonchev–Trinajstić information content (AvgIpc) is 2.12. The van der Waals surface area contributed by atoms with Gasteiger partial charge in [-0.25, -0.2) is 0 Å². The Bertz CT molecular complexity index is 148. The number of rotatable bonds is 6. The van der Waals surface area contributed by atoms with Gasteiger partial charge in [-0.2, -0.15) is 0 Å². The summed E-state index contributed by atoms with van der Waals surface area (Å²) >= 11 is 0. The van der Waals surface area contributed by atoms with Gasteiger partial charge in [0, 0.05) is 19.1 Å². The summed E-state index contributed by atoms with van der Waals surface area (Å²) in [4.78, 5) is 0. The molecule has 0 aromatic heterocycles. The summed E-state index contributed by atoms with van der Waals surface area (Å²) in [7, 11) is 3.81. The lowest BCUT2D eigenvalue weighted by atomic mass is 10.1. The van der Waals surface area contributed by atoms with Crippen molar-refractivity contribution in [1.29, 1.82) is 0 Å². The first-order valence-corrected chi connectivity index (χ1v) is 4.14. The van der Waals surface area contributed by atoms with Crippen LogP contribution in [-0.2, 0) is 0 Å². The lowest BCUT2D eigenvalue weighted by molar-refractivity contribution is 0.653. The standard InChI is InChI=1S/C9H19N3/c1-4-8(5-6-11-2)9(7-10)12-3/h4-5,9,11-12H,1,6-7,10H2,2-3H3/b8-5+. The van der Waals surface area contributed by atoms with Crippen LogP contribution >= 0.6 is 0 Å². The predicted octanol–water partition coefficient (Wildman–Crippen LogP) is -0.135. The SMILES string of the molecule is C=C/C(=C\CNC)C(CN)NC. The minimum Gasteiger partial charge on any atom is -0.329 e. The highest BCUT2D eigenvalue weighted by Gasteiger charge is 2.05. The number of nitrogens with one attached hydrogen (secondary N) is 2. The summed E-state index contributed by atoms with van der Waals surface area (Å²) < 4.78 is 0. The molecule has 0 aliphatic heterocycles. The van der Waals surface area contributed by atoms with E-state index in [1.165, 1.54) is 0 Å². The topological polar surface area (TPSA) is 50.1 Å². The Hall–Kier alpha value is -0.640. The van der Waals surface area contributed by atoms with E-state index in [4.69, 9.17) is 5.73 Å². The van der Waals surface area contributed by atoms with Crippen LogP contribution in [-0.4, -0.2) is 33.2 Å². The van der Waals surface area contributed by atoms with Crippen LogP contribution in [0.25, 0.3) is 0 Å². The molecule has 4 N–H and O–H groups in total. The van der Waals surface area contributed by atoms with Gasteiger partial charge in [0.05, 0.1) is 0 Å². The molecule has 1 unspecified atom stereocenters. The van der Waals surface area contributed by atoms with Gasteiger partial charge in [-0.1, -0.05) is 18.7 Å². The molecule has 70 valence electrons. The van der Waals surface area contributed by atoms with E-state index < -0.39 is 0 Å². The summed E-state index contributed by atoms with van der Waals surface area (Å²) in [5, 5.41) is 6.16. The molecule has 3 nitrogen and oxygen atoms in total. The Labute approximate surface area is 74.7 Å². The molecule has 0 radical (unpaired) electrons. The second-order valence-electron chi connectivity index (χ2n) is 2.54. The normalized spacial score (nSPS) is 14.4. The molecular weight excluding hydrogens is 150 g/mol. The Balaban J connectivity index is 4.19. The maximum absolute atomic E-state index is 5.56. The molecule has 3 heteroatoms. The first kappa shape index (κ1) is 11.4. The molecule has 1 atom stereocenters. The predicted molar refractivity (Wildman–Crippen MR) is 54.1 cm³/mol. The summed E-state index contributed by atoms with van der Waals surface area (Å²) in [6.45, 7) is 5.18. The molecule has 0 saturated heterocycles. The van der Waals surface area contributed by atoms with Gasteiger partial charge in [0.25, 0.3) is 0 Å². The smallest absolute Gasteiger partial charge is 0.0439 e. The summed E-state index contributed by atoms with van der Waals surface area (Å²) in [6.07, 6.45) is 3.92. The molecule has 0 aromatic rings. The summed E-state index contributed by atoms with van der Waals surface area (Å²) in [6, 6.07) is 0.218. The zero-order valence-corrected chi connectivity index (χ0v) is 7.93. The monoisotopic (exact) mass is 169 g/mol. The Morgan fingerprint density at radius 2 is 2.25 bits per heavy atom. The van der Waals surface area contributed by atoms with Crippen molar-refractivity contribution in [3.8, 4) is 0 Å². The van der Waals surface area contributed by atoms with Crippen LogP contribution in [0.3, 0.4) is 0 Å². The van der Waals surface area contributed by atoms with Crippen LogP contribution in [0, 0.1) is 0 Å².